The van der Waals surface area contributed by atoms with E-state index in [1.165, 1.54) is 16.6 Å². The molecule has 1 saturated heterocycles. The van der Waals surface area contributed by atoms with Gasteiger partial charge in [0, 0.05) is 42.8 Å². The highest BCUT2D eigenvalue weighted by molar-refractivity contribution is 7.89. The normalized spacial score (nSPS) is 17.7. The average Bonchev–Trinajstić information content (AvgIpc) is 3.08. The van der Waals surface area contributed by atoms with Gasteiger partial charge in [0.15, 0.2) is 5.96 Å². The molecule has 0 bridgehead atoms. The zero-order valence-corrected chi connectivity index (χ0v) is 19.4. The molecule has 1 fully saturated rings. The van der Waals surface area contributed by atoms with Crippen molar-refractivity contribution in [3.05, 3.63) is 35.5 Å². The number of rotatable bonds is 10. The summed E-state index contributed by atoms with van der Waals surface area (Å²) in [5, 5.41) is 7.73. The number of nitrogens with one attached hydrogen (secondary N) is 4. The predicted molar refractivity (Wildman–Crippen MR) is 126 cm³/mol. The maximum Gasteiger partial charge on any atom is 0.213 e. The van der Waals surface area contributed by atoms with Gasteiger partial charge in [0.05, 0.1) is 18.4 Å². The molecule has 4 N–H and O–H groups in total. The van der Waals surface area contributed by atoms with E-state index in [0.717, 1.165) is 31.2 Å². The molecular formula is C22H35N5O3S. The topological polar surface area (TPSA) is 108 Å². The Bertz CT molecular complexity index is 965. The fraction of sp³-hybridized carbons (Fsp3) is 0.591. The van der Waals surface area contributed by atoms with Crippen LogP contribution in [0.3, 0.4) is 0 Å². The Labute approximate surface area is 185 Å². The smallest absolute Gasteiger partial charge is 0.213 e. The van der Waals surface area contributed by atoms with E-state index in [4.69, 9.17) is 4.74 Å². The first kappa shape index (κ1) is 23.6. The number of fused-ring (bicyclic) bond motifs is 1. The van der Waals surface area contributed by atoms with Crippen molar-refractivity contribution in [2.45, 2.75) is 45.6 Å². The summed E-state index contributed by atoms with van der Waals surface area (Å²) in [7, 11) is -3.37. The standard InChI is InChI=1S/C22H35N5O3S/c1-3-23-22(24-12-11-19-17(2)27-21-10-5-4-9-20(19)21)25-13-15-31(28,29)26-16-18-8-6-7-14-30-18/h4-5,9-10,18,26-27H,3,6-8,11-16H2,1-2H3,(H2,23,24,25). The quantitative estimate of drug-likeness (QED) is 0.328. The number of nitrogens with zero attached hydrogens (tertiary/aromatic N) is 1. The Kier molecular flexibility index (Phi) is 8.74. The summed E-state index contributed by atoms with van der Waals surface area (Å²) >= 11 is 0. The van der Waals surface area contributed by atoms with Crippen molar-refractivity contribution in [2.24, 2.45) is 4.99 Å². The predicted octanol–water partition coefficient (Wildman–Crippen LogP) is 2.06. The maximum absolute atomic E-state index is 12.3. The molecule has 31 heavy (non-hydrogen) atoms. The minimum absolute atomic E-state index is 0.0148. The van der Waals surface area contributed by atoms with Crippen LogP contribution in [0.15, 0.2) is 29.3 Å². The van der Waals surface area contributed by atoms with E-state index < -0.39 is 10.0 Å². The number of aryl methyl sites for hydroxylation is 1. The first-order valence-corrected chi connectivity index (χ1v) is 12.8. The number of para-hydroxylation sites is 1. The highest BCUT2D eigenvalue weighted by Gasteiger charge is 2.17. The fourth-order valence-corrected chi connectivity index (χ4v) is 4.76. The molecule has 3 rings (SSSR count). The van der Waals surface area contributed by atoms with E-state index in [1.54, 1.807) is 0 Å². The highest BCUT2D eigenvalue weighted by Crippen LogP contribution is 2.21. The third-order valence-electron chi connectivity index (χ3n) is 5.47. The van der Waals surface area contributed by atoms with Crippen LogP contribution < -0.4 is 15.4 Å². The molecule has 9 heteroatoms. The van der Waals surface area contributed by atoms with Crippen molar-refractivity contribution in [3.8, 4) is 0 Å². The van der Waals surface area contributed by atoms with Gasteiger partial charge >= 0.3 is 0 Å². The van der Waals surface area contributed by atoms with Crippen LogP contribution >= 0.6 is 0 Å². The van der Waals surface area contributed by atoms with E-state index in [2.05, 4.69) is 44.4 Å². The zero-order chi connectivity index (χ0) is 22.1. The number of hydrogen-bond donors (Lipinski definition) is 4. The lowest BCUT2D eigenvalue weighted by Crippen LogP contribution is -2.39. The number of benzene rings is 1. The summed E-state index contributed by atoms with van der Waals surface area (Å²) in [5.74, 6) is 0.587. The summed E-state index contributed by atoms with van der Waals surface area (Å²) in [6, 6.07) is 8.29. The van der Waals surface area contributed by atoms with Crippen molar-refractivity contribution >= 4 is 26.9 Å². The molecule has 2 aromatic rings. The molecule has 0 spiro atoms. The molecule has 1 unspecified atom stereocenters. The van der Waals surface area contributed by atoms with Crippen LogP contribution in [0.2, 0.25) is 0 Å². The van der Waals surface area contributed by atoms with Gasteiger partial charge in [0.25, 0.3) is 0 Å². The van der Waals surface area contributed by atoms with Gasteiger partial charge in [0.1, 0.15) is 0 Å². The lowest BCUT2D eigenvalue weighted by molar-refractivity contribution is 0.0200. The molecule has 1 aliphatic heterocycles. The number of aliphatic imine (C=N–C) groups is 1. The number of aromatic nitrogens is 1. The third kappa shape index (κ3) is 7.22. The Hall–Kier alpha value is -2.10. The molecule has 0 saturated carbocycles. The van der Waals surface area contributed by atoms with Crippen LogP contribution in [0.4, 0.5) is 0 Å². The van der Waals surface area contributed by atoms with E-state index in [0.29, 0.717) is 32.2 Å². The number of H-pyrrole nitrogens is 1. The van der Waals surface area contributed by atoms with Gasteiger partial charge in [-0.05, 0) is 51.2 Å². The number of sulfonamides is 1. The Balaban J connectivity index is 1.47. The second kappa shape index (κ2) is 11.5. The van der Waals surface area contributed by atoms with Crippen molar-refractivity contribution < 1.29 is 13.2 Å². The van der Waals surface area contributed by atoms with Gasteiger partial charge in [-0.2, -0.15) is 0 Å². The lowest BCUT2D eigenvalue weighted by Gasteiger charge is -2.22. The number of hydrogen-bond acceptors (Lipinski definition) is 4. The highest BCUT2D eigenvalue weighted by atomic mass is 32.2. The summed E-state index contributed by atoms with van der Waals surface area (Å²) in [4.78, 5) is 7.85. The molecule has 1 atom stereocenters. The zero-order valence-electron chi connectivity index (χ0n) is 18.5. The second-order valence-electron chi connectivity index (χ2n) is 7.87. The molecule has 0 aliphatic carbocycles. The molecule has 1 aliphatic rings. The van der Waals surface area contributed by atoms with E-state index in [1.807, 2.05) is 19.1 Å². The second-order valence-corrected chi connectivity index (χ2v) is 9.79. The largest absolute Gasteiger partial charge is 0.377 e. The van der Waals surface area contributed by atoms with E-state index in [9.17, 15) is 8.42 Å². The molecule has 2 heterocycles. The summed E-state index contributed by atoms with van der Waals surface area (Å²) < 4.78 is 32.8. The first-order valence-electron chi connectivity index (χ1n) is 11.2. The molecule has 172 valence electrons. The molecular weight excluding hydrogens is 414 g/mol. The van der Waals surface area contributed by atoms with Crippen LogP contribution in [0.5, 0.6) is 0 Å². The first-order chi connectivity index (χ1) is 15.0. The SMILES string of the molecule is CCNC(=NCCS(=O)(=O)NCC1CCCCO1)NCCc1c(C)[nH]c2ccccc12. The van der Waals surface area contributed by atoms with Crippen molar-refractivity contribution in [3.63, 3.8) is 0 Å². The van der Waals surface area contributed by atoms with Gasteiger partial charge in [-0.15, -0.1) is 0 Å². The number of aromatic amines is 1. The van der Waals surface area contributed by atoms with Crippen LogP contribution in [0.25, 0.3) is 10.9 Å². The lowest BCUT2D eigenvalue weighted by atomic mass is 10.1. The van der Waals surface area contributed by atoms with Gasteiger partial charge in [0.2, 0.25) is 10.0 Å². The minimum Gasteiger partial charge on any atom is -0.377 e. The van der Waals surface area contributed by atoms with Gasteiger partial charge in [-0.3, -0.25) is 4.99 Å². The molecule has 8 nitrogen and oxygen atoms in total. The van der Waals surface area contributed by atoms with Crippen molar-refractivity contribution in [2.75, 3.05) is 38.5 Å². The summed E-state index contributed by atoms with van der Waals surface area (Å²) in [6.07, 6.45) is 3.89. The molecule has 0 radical (unpaired) electrons. The molecule has 1 aromatic heterocycles. The van der Waals surface area contributed by atoms with Gasteiger partial charge in [-0.25, -0.2) is 13.1 Å². The molecule has 1 aromatic carbocycles. The van der Waals surface area contributed by atoms with E-state index in [-0.39, 0.29) is 18.4 Å². The van der Waals surface area contributed by atoms with Crippen LogP contribution in [0.1, 0.15) is 37.4 Å². The Morgan fingerprint density at radius 2 is 2.10 bits per heavy atom. The fourth-order valence-electron chi connectivity index (χ4n) is 3.84. The Morgan fingerprint density at radius 1 is 1.26 bits per heavy atom. The summed E-state index contributed by atoms with van der Waals surface area (Å²) in [6.45, 7) is 6.75. The number of ether oxygens (including phenoxy) is 1. The van der Waals surface area contributed by atoms with Crippen LogP contribution in [-0.4, -0.2) is 64.0 Å². The monoisotopic (exact) mass is 449 g/mol. The Morgan fingerprint density at radius 3 is 2.87 bits per heavy atom. The van der Waals surface area contributed by atoms with Gasteiger partial charge < -0.3 is 20.4 Å². The van der Waals surface area contributed by atoms with Crippen LogP contribution in [0, 0.1) is 6.92 Å². The van der Waals surface area contributed by atoms with Crippen LogP contribution in [-0.2, 0) is 21.2 Å². The summed E-state index contributed by atoms with van der Waals surface area (Å²) in [5.41, 5.74) is 3.60. The average molecular weight is 450 g/mol. The van der Waals surface area contributed by atoms with Crippen molar-refractivity contribution in [1.82, 2.24) is 20.3 Å². The third-order valence-corrected chi connectivity index (χ3v) is 6.80. The van der Waals surface area contributed by atoms with E-state index >= 15 is 0 Å². The van der Waals surface area contributed by atoms with Crippen molar-refractivity contribution in [1.29, 1.82) is 0 Å². The molecule has 0 amide bonds. The number of guanidine groups is 1. The van der Waals surface area contributed by atoms with Gasteiger partial charge in [-0.1, -0.05) is 18.2 Å². The minimum atomic E-state index is -3.37. The maximum atomic E-state index is 12.3.